The van der Waals surface area contributed by atoms with Crippen molar-refractivity contribution in [1.82, 2.24) is 10.1 Å². The summed E-state index contributed by atoms with van der Waals surface area (Å²) in [6.45, 7) is 3.90. The summed E-state index contributed by atoms with van der Waals surface area (Å²) in [4.78, 5) is 16.5. The van der Waals surface area contributed by atoms with E-state index in [1.54, 1.807) is 19.2 Å². The molecule has 3 aromatic rings. The fourth-order valence-electron chi connectivity index (χ4n) is 2.42. The Morgan fingerprint density at radius 3 is 2.58 bits per heavy atom. The normalized spacial score (nSPS) is 10.4. The number of aromatic nitrogens is 2. The van der Waals surface area contributed by atoms with Gasteiger partial charge in [-0.25, -0.2) is 4.79 Å². The van der Waals surface area contributed by atoms with Gasteiger partial charge in [0.05, 0.1) is 12.8 Å². The van der Waals surface area contributed by atoms with E-state index in [-0.39, 0.29) is 6.03 Å². The molecule has 0 aliphatic carbocycles. The highest BCUT2D eigenvalue weighted by Gasteiger charge is 2.10. The molecule has 0 saturated carbocycles. The summed E-state index contributed by atoms with van der Waals surface area (Å²) in [5.41, 5.74) is 3.11. The highest BCUT2D eigenvalue weighted by atomic mass is 16.5. The first-order valence-corrected chi connectivity index (χ1v) is 8.24. The summed E-state index contributed by atoms with van der Waals surface area (Å²) < 4.78 is 10.4. The van der Waals surface area contributed by atoms with Gasteiger partial charge in [0.1, 0.15) is 5.75 Å². The second-order valence-electron chi connectivity index (χ2n) is 5.73. The van der Waals surface area contributed by atoms with Gasteiger partial charge in [0.25, 0.3) is 0 Å². The van der Waals surface area contributed by atoms with Gasteiger partial charge in [-0.3, -0.25) is 0 Å². The Bertz CT molecular complexity index is 903. The van der Waals surface area contributed by atoms with Gasteiger partial charge < -0.3 is 19.9 Å². The second-order valence-corrected chi connectivity index (χ2v) is 5.73. The van der Waals surface area contributed by atoms with Crippen molar-refractivity contribution in [2.75, 3.05) is 17.7 Å². The fraction of sp³-hybridized carbons (Fsp3) is 0.211. The van der Waals surface area contributed by atoms with Gasteiger partial charge in [0.15, 0.2) is 0 Å². The van der Waals surface area contributed by atoms with Crippen LogP contribution in [0.5, 0.6) is 5.75 Å². The minimum absolute atomic E-state index is 0.352. The van der Waals surface area contributed by atoms with E-state index in [1.165, 1.54) is 0 Å². The number of aryl methyl sites for hydroxylation is 2. The first-order chi connectivity index (χ1) is 12.6. The molecule has 0 spiro atoms. The summed E-state index contributed by atoms with van der Waals surface area (Å²) in [5, 5.41) is 9.51. The van der Waals surface area contributed by atoms with Crippen LogP contribution in [0, 0.1) is 6.92 Å². The molecule has 1 heterocycles. The van der Waals surface area contributed by atoms with E-state index in [1.807, 2.05) is 44.2 Å². The van der Waals surface area contributed by atoms with Crippen molar-refractivity contribution in [3.8, 4) is 17.1 Å². The molecule has 0 saturated heterocycles. The van der Waals surface area contributed by atoms with Crippen LogP contribution in [-0.4, -0.2) is 23.3 Å². The summed E-state index contributed by atoms with van der Waals surface area (Å²) in [7, 11) is 1.56. The molecule has 0 radical (unpaired) electrons. The first-order valence-electron chi connectivity index (χ1n) is 8.24. The Morgan fingerprint density at radius 2 is 1.92 bits per heavy atom. The molecule has 0 fully saturated rings. The predicted octanol–water partition coefficient (Wildman–Crippen LogP) is 4.26. The van der Waals surface area contributed by atoms with Crippen molar-refractivity contribution in [2.45, 2.75) is 20.3 Å². The number of amides is 2. The highest BCUT2D eigenvalue weighted by molar-refractivity contribution is 6.00. The number of hydrogen-bond donors (Lipinski definition) is 2. The van der Waals surface area contributed by atoms with E-state index in [2.05, 4.69) is 20.8 Å². The Labute approximate surface area is 151 Å². The van der Waals surface area contributed by atoms with Crippen LogP contribution in [0.3, 0.4) is 0 Å². The molecule has 2 N–H and O–H groups in total. The van der Waals surface area contributed by atoms with Crippen molar-refractivity contribution < 1.29 is 14.1 Å². The highest BCUT2D eigenvalue weighted by Crippen LogP contribution is 2.25. The van der Waals surface area contributed by atoms with Crippen LogP contribution >= 0.6 is 0 Å². The maximum atomic E-state index is 12.2. The molecule has 1 aromatic heterocycles. The first kappa shape index (κ1) is 17.5. The summed E-state index contributed by atoms with van der Waals surface area (Å²) in [5.74, 6) is 1.72. The van der Waals surface area contributed by atoms with Crippen molar-refractivity contribution >= 4 is 17.4 Å². The van der Waals surface area contributed by atoms with E-state index in [0.29, 0.717) is 35.3 Å². The molecular formula is C19H20N4O3. The molecule has 0 unspecified atom stereocenters. The lowest BCUT2D eigenvalue weighted by molar-refractivity contribution is 0.262. The van der Waals surface area contributed by atoms with Crippen molar-refractivity contribution in [2.24, 2.45) is 0 Å². The minimum Gasteiger partial charge on any atom is -0.495 e. The van der Waals surface area contributed by atoms with Crippen LogP contribution in [0.4, 0.5) is 16.2 Å². The SMILES string of the molecule is CCc1nc(-c2ccc(NC(=O)Nc3cc(C)ccc3OC)cc2)no1. The number of benzene rings is 2. The third-order valence-corrected chi connectivity index (χ3v) is 3.77. The van der Waals surface area contributed by atoms with E-state index in [4.69, 9.17) is 9.26 Å². The smallest absolute Gasteiger partial charge is 0.323 e. The molecule has 26 heavy (non-hydrogen) atoms. The maximum absolute atomic E-state index is 12.2. The van der Waals surface area contributed by atoms with Crippen LogP contribution in [-0.2, 0) is 6.42 Å². The molecule has 7 heteroatoms. The van der Waals surface area contributed by atoms with Crippen LogP contribution in [0.25, 0.3) is 11.4 Å². The molecule has 0 atom stereocenters. The Hall–Kier alpha value is -3.35. The Kier molecular flexibility index (Phi) is 5.17. The number of nitrogens with one attached hydrogen (secondary N) is 2. The quantitative estimate of drug-likeness (QED) is 0.716. The molecule has 2 aromatic carbocycles. The maximum Gasteiger partial charge on any atom is 0.323 e. The molecule has 134 valence electrons. The molecular weight excluding hydrogens is 332 g/mol. The molecule has 0 bridgehead atoms. The van der Waals surface area contributed by atoms with E-state index < -0.39 is 0 Å². The zero-order chi connectivity index (χ0) is 18.5. The molecule has 3 rings (SSSR count). The topological polar surface area (TPSA) is 89.3 Å². The number of methoxy groups -OCH3 is 1. The molecule has 2 amide bonds. The second kappa shape index (κ2) is 7.69. The average Bonchev–Trinajstić information content (AvgIpc) is 3.12. The van der Waals surface area contributed by atoms with E-state index in [9.17, 15) is 4.79 Å². The summed E-state index contributed by atoms with van der Waals surface area (Å²) in [6.07, 6.45) is 0.690. The van der Waals surface area contributed by atoms with Crippen molar-refractivity contribution in [3.63, 3.8) is 0 Å². The minimum atomic E-state index is -0.352. The fourth-order valence-corrected chi connectivity index (χ4v) is 2.42. The van der Waals surface area contributed by atoms with Gasteiger partial charge in [-0.15, -0.1) is 0 Å². The zero-order valence-electron chi connectivity index (χ0n) is 14.9. The van der Waals surface area contributed by atoms with E-state index >= 15 is 0 Å². The lowest BCUT2D eigenvalue weighted by Gasteiger charge is -2.12. The number of nitrogens with zero attached hydrogens (tertiary/aromatic N) is 2. The standard InChI is InChI=1S/C19H20N4O3/c1-4-17-22-18(23-26-17)13-6-8-14(9-7-13)20-19(24)21-15-11-12(2)5-10-16(15)25-3/h5-11H,4H2,1-3H3,(H2,20,21,24). The van der Waals surface area contributed by atoms with Crippen LogP contribution in [0.2, 0.25) is 0 Å². The number of rotatable bonds is 5. The Balaban J connectivity index is 1.67. The van der Waals surface area contributed by atoms with Crippen molar-refractivity contribution in [3.05, 3.63) is 53.9 Å². The molecule has 0 aliphatic heterocycles. The number of ether oxygens (including phenoxy) is 1. The number of carbonyl (C=O) groups excluding carboxylic acids is 1. The van der Waals surface area contributed by atoms with Crippen LogP contribution in [0.15, 0.2) is 47.0 Å². The molecule has 7 nitrogen and oxygen atoms in total. The lowest BCUT2D eigenvalue weighted by Crippen LogP contribution is -2.19. The van der Waals surface area contributed by atoms with E-state index in [0.717, 1.165) is 11.1 Å². The number of urea groups is 1. The van der Waals surface area contributed by atoms with Gasteiger partial charge in [-0.05, 0) is 48.9 Å². The molecule has 0 aliphatic rings. The monoisotopic (exact) mass is 352 g/mol. The van der Waals surface area contributed by atoms with Gasteiger partial charge in [0.2, 0.25) is 11.7 Å². The Morgan fingerprint density at radius 1 is 1.15 bits per heavy atom. The number of hydrogen-bond acceptors (Lipinski definition) is 5. The van der Waals surface area contributed by atoms with Gasteiger partial charge in [-0.1, -0.05) is 18.1 Å². The third-order valence-electron chi connectivity index (χ3n) is 3.77. The lowest BCUT2D eigenvalue weighted by atomic mass is 10.2. The number of carbonyl (C=O) groups is 1. The van der Waals surface area contributed by atoms with Crippen molar-refractivity contribution in [1.29, 1.82) is 0 Å². The summed E-state index contributed by atoms with van der Waals surface area (Å²) in [6, 6.07) is 12.4. The largest absolute Gasteiger partial charge is 0.495 e. The average molecular weight is 352 g/mol. The van der Waals surface area contributed by atoms with Crippen LogP contribution in [0.1, 0.15) is 18.4 Å². The van der Waals surface area contributed by atoms with Crippen LogP contribution < -0.4 is 15.4 Å². The van der Waals surface area contributed by atoms with Gasteiger partial charge in [-0.2, -0.15) is 4.98 Å². The zero-order valence-corrected chi connectivity index (χ0v) is 14.9. The summed E-state index contributed by atoms with van der Waals surface area (Å²) >= 11 is 0. The third kappa shape index (κ3) is 4.00. The predicted molar refractivity (Wildman–Crippen MR) is 99.5 cm³/mol. The van der Waals surface area contributed by atoms with Gasteiger partial charge in [0, 0.05) is 17.7 Å². The van der Waals surface area contributed by atoms with Gasteiger partial charge >= 0.3 is 6.03 Å². The number of anilines is 2.